The summed E-state index contributed by atoms with van der Waals surface area (Å²) in [6.45, 7) is 8.36. The Labute approximate surface area is 208 Å². The van der Waals surface area contributed by atoms with Gasteiger partial charge in [0.05, 0.1) is 22.8 Å². The normalized spacial score (nSPS) is 27.5. The number of carboxylic acid groups (broad SMARTS) is 1. The van der Waals surface area contributed by atoms with Crippen molar-refractivity contribution < 1.29 is 19.4 Å². The Morgan fingerprint density at radius 1 is 1.00 bits per heavy atom. The number of carboxylic acids is 1. The number of carbonyl (C=O) groups excluding carboxylic acids is 1. The summed E-state index contributed by atoms with van der Waals surface area (Å²) in [5.74, 6) is 6.13. The number of nitrogens with zero attached hydrogens (tertiary/aromatic N) is 1. The summed E-state index contributed by atoms with van der Waals surface area (Å²) < 4.78 is 6.14. The van der Waals surface area contributed by atoms with Gasteiger partial charge in [0.2, 0.25) is 5.91 Å². The average Bonchev–Trinajstić information content (AvgIpc) is 3.49. The van der Waals surface area contributed by atoms with Crippen molar-refractivity contribution in [1.82, 2.24) is 0 Å². The molecule has 0 aliphatic heterocycles. The molecule has 0 spiro atoms. The molecule has 0 bridgehead atoms. The number of hydrogen-bond acceptors (Lipinski definition) is 4. The molecule has 0 atom stereocenters. The van der Waals surface area contributed by atoms with Crippen LogP contribution in [0.5, 0.6) is 0 Å². The first-order valence-corrected chi connectivity index (χ1v) is 13.8. The lowest BCUT2D eigenvalue weighted by atomic mass is 9.81. The van der Waals surface area contributed by atoms with Crippen LogP contribution in [-0.2, 0) is 9.53 Å². The second kappa shape index (κ2) is 10.4. The highest BCUT2D eigenvalue weighted by atomic mass is 32.1. The Hall–Kier alpha value is -1.84. The number of ether oxygens (including phenoxy) is 1. The van der Waals surface area contributed by atoms with Crippen LogP contribution >= 0.6 is 11.3 Å². The van der Waals surface area contributed by atoms with E-state index >= 15 is 0 Å². The Morgan fingerprint density at radius 2 is 1.59 bits per heavy atom. The van der Waals surface area contributed by atoms with Crippen LogP contribution in [0.15, 0.2) is 6.07 Å². The van der Waals surface area contributed by atoms with Crippen molar-refractivity contribution in [3.63, 3.8) is 0 Å². The zero-order valence-electron chi connectivity index (χ0n) is 21.1. The van der Waals surface area contributed by atoms with Gasteiger partial charge in [-0.1, -0.05) is 18.8 Å². The predicted octanol–water partition coefficient (Wildman–Crippen LogP) is 6.49. The minimum absolute atomic E-state index is 0.0158. The second-order valence-electron chi connectivity index (χ2n) is 11.6. The highest BCUT2D eigenvalue weighted by Gasteiger charge is 2.38. The van der Waals surface area contributed by atoms with E-state index in [4.69, 9.17) is 4.74 Å². The number of hydrogen-bond donors (Lipinski definition) is 1. The van der Waals surface area contributed by atoms with Crippen LogP contribution in [0, 0.1) is 29.1 Å². The van der Waals surface area contributed by atoms with Crippen molar-refractivity contribution in [3.05, 3.63) is 15.8 Å². The van der Waals surface area contributed by atoms with E-state index in [1.165, 1.54) is 24.2 Å². The van der Waals surface area contributed by atoms with Crippen LogP contribution in [0.3, 0.4) is 0 Å². The third-order valence-corrected chi connectivity index (χ3v) is 8.28. The topological polar surface area (TPSA) is 66.8 Å². The second-order valence-corrected chi connectivity index (χ2v) is 12.6. The molecule has 3 fully saturated rings. The van der Waals surface area contributed by atoms with Gasteiger partial charge < -0.3 is 14.7 Å². The lowest BCUT2D eigenvalue weighted by Gasteiger charge is -2.39. The zero-order chi connectivity index (χ0) is 24.5. The van der Waals surface area contributed by atoms with Crippen LogP contribution in [0.2, 0.25) is 0 Å². The SMILES string of the molecule is CC(C)(C)C#Cc1cc(N(C(=O)[C@H]2CC[C@H](C)CC2)[C@H]2CC[C@H](OC3CC3)CC2)c(C(=O)O)s1. The molecular weight excluding hydrogens is 446 g/mol. The summed E-state index contributed by atoms with van der Waals surface area (Å²) in [5, 5.41) is 10.0. The summed E-state index contributed by atoms with van der Waals surface area (Å²) >= 11 is 1.19. The molecule has 6 heteroatoms. The van der Waals surface area contributed by atoms with E-state index < -0.39 is 5.97 Å². The van der Waals surface area contributed by atoms with Crippen molar-refractivity contribution in [2.75, 3.05) is 4.90 Å². The largest absolute Gasteiger partial charge is 0.477 e. The predicted molar refractivity (Wildman–Crippen MR) is 136 cm³/mol. The fourth-order valence-corrected chi connectivity index (χ4v) is 5.98. The summed E-state index contributed by atoms with van der Waals surface area (Å²) in [6, 6.07) is 1.87. The number of aromatic carboxylic acids is 1. The number of amides is 1. The molecule has 1 N–H and O–H groups in total. The number of anilines is 1. The molecule has 1 heterocycles. The summed E-state index contributed by atoms with van der Waals surface area (Å²) in [5.41, 5.74) is 0.368. The Morgan fingerprint density at radius 3 is 2.12 bits per heavy atom. The molecular formula is C28H39NO4S. The molecule has 0 aromatic carbocycles. The van der Waals surface area contributed by atoms with Gasteiger partial charge in [-0.3, -0.25) is 4.79 Å². The van der Waals surface area contributed by atoms with Gasteiger partial charge >= 0.3 is 5.97 Å². The molecule has 3 aliphatic carbocycles. The van der Waals surface area contributed by atoms with E-state index in [9.17, 15) is 14.7 Å². The Kier molecular flexibility index (Phi) is 7.74. The summed E-state index contributed by atoms with van der Waals surface area (Å²) in [4.78, 5) is 29.0. The fourth-order valence-electron chi connectivity index (χ4n) is 5.14. The van der Waals surface area contributed by atoms with Gasteiger partial charge in [0.15, 0.2) is 0 Å². The standard InChI is InChI=1S/C28H39NO4S/c1-18-5-7-19(8-6-18)26(30)29(20-9-11-21(12-10-20)33-22-13-14-22)24-17-23(15-16-28(2,3)4)34-25(24)27(31)32/h17-22H,5-14H2,1-4H3,(H,31,32)/t18-,19-,20-,21-. The highest BCUT2D eigenvalue weighted by molar-refractivity contribution is 7.15. The van der Waals surface area contributed by atoms with Gasteiger partial charge in [-0.25, -0.2) is 4.79 Å². The number of carbonyl (C=O) groups is 2. The van der Waals surface area contributed by atoms with Crippen molar-refractivity contribution in [2.24, 2.45) is 17.3 Å². The molecule has 0 saturated heterocycles. The molecule has 5 nitrogen and oxygen atoms in total. The van der Waals surface area contributed by atoms with Crippen molar-refractivity contribution >= 4 is 28.9 Å². The highest BCUT2D eigenvalue weighted by Crippen LogP contribution is 2.40. The molecule has 0 unspecified atom stereocenters. The van der Waals surface area contributed by atoms with Gasteiger partial charge in [-0.2, -0.15) is 0 Å². The monoisotopic (exact) mass is 485 g/mol. The third-order valence-electron chi connectivity index (χ3n) is 7.25. The molecule has 3 saturated carbocycles. The van der Waals surface area contributed by atoms with E-state index in [1.54, 1.807) is 0 Å². The molecule has 1 aromatic heterocycles. The van der Waals surface area contributed by atoms with Crippen LogP contribution in [0.1, 0.15) is 106 Å². The van der Waals surface area contributed by atoms with Crippen LogP contribution in [0.25, 0.3) is 0 Å². The molecule has 34 heavy (non-hydrogen) atoms. The number of thiophene rings is 1. The Bertz CT molecular complexity index is 945. The molecule has 1 aromatic rings. The fraction of sp³-hybridized carbons (Fsp3) is 0.714. The zero-order valence-corrected chi connectivity index (χ0v) is 21.9. The quantitative estimate of drug-likeness (QED) is 0.468. The molecule has 1 amide bonds. The van der Waals surface area contributed by atoms with Crippen molar-refractivity contribution in [1.29, 1.82) is 0 Å². The smallest absolute Gasteiger partial charge is 0.348 e. The lowest BCUT2D eigenvalue weighted by Crippen LogP contribution is -2.47. The van der Waals surface area contributed by atoms with Crippen molar-refractivity contribution in [2.45, 2.75) is 110 Å². The van der Waals surface area contributed by atoms with Crippen LogP contribution in [-0.4, -0.2) is 35.2 Å². The first-order chi connectivity index (χ1) is 16.1. The first kappa shape index (κ1) is 25.3. The van der Waals surface area contributed by atoms with E-state index in [0.29, 0.717) is 22.6 Å². The maximum atomic E-state index is 13.9. The van der Waals surface area contributed by atoms with E-state index in [1.807, 2.05) is 31.7 Å². The number of rotatable bonds is 6. The molecule has 3 aliphatic rings. The van der Waals surface area contributed by atoms with E-state index in [2.05, 4.69) is 18.8 Å². The minimum Gasteiger partial charge on any atom is -0.477 e. The van der Waals surface area contributed by atoms with Crippen molar-refractivity contribution in [3.8, 4) is 11.8 Å². The summed E-state index contributed by atoms with van der Waals surface area (Å²) in [6.07, 6.45) is 10.5. The molecule has 4 rings (SSSR count). The van der Waals surface area contributed by atoms with Gasteiger partial charge in [-0.05, 0) is 97.0 Å². The van der Waals surface area contributed by atoms with Crippen LogP contribution < -0.4 is 4.90 Å². The van der Waals surface area contributed by atoms with Crippen LogP contribution in [0.4, 0.5) is 5.69 Å². The summed E-state index contributed by atoms with van der Waals surface area (Å²) in [7, 11) is 0. The maximum absolute atomic E-state index is 13.9. The lowest BCUT2D eigenvalue weighted by molar-refractivity contribution is -0.124. The Balaban J connectivity index is 1.63. The molecule has 0 radical (unpaired) electrons. The van der Waals surface area contributed by atoms with Gasteiger partial charge in [0.1, 0.15) is 4.88 Å². The van der Waals surface area contributed by atoms with Gasteiger partial charge in [0, 0.05) is 17.4 Å². The van der Waals surface area contributed by atoms with Gasteiger partial charge in [-0.15, -0.1) is 11.3 Å². The van der Waals surface area contributed by atoms with E-state index in [-0.39, 0.29) is 34.3 Å². The molecule has 186 valence electrons. The average molecular weight is 486 g/mol. The maximum Gasteiger partial charge on any atom is 0.348 e. The third kappa shape index (κ3) is 6.43. The minimum atomic E-state index is -0.982. The van der Waals surface area contributed by atoms with E-state index in [0.717, 1.165) is 51.4 Å². The van der Waals surface area contributed by atoms with Gasteiger partial charge in [0.25, 0.3) is 0 Å². The first-order valence-electron chi connectivity index (χ1n) is 13.0.